The maximum Gasteiger partial charge on any atom is 0.320 e. The van der Waals surface area contributed by atoms with Crippen molar-refractivity contribution < 1.29 is 14.4 Å². The molecule has 1 heterocycles. The molecular formula is C17H17N3O3. The number of nitrogens with zero attached hydrogens (tertiary/aromatic N) is 1. The van der Waals surface area contributed by atoms with Crippen molar-refractivity contribution in [3.63, 3.8) is 0 Å². The molecule has 0 radical (unpaired) electrons. The van der Waals surface area contributed by atoms with Crippen LogP contribution in [0.3, 0.4) is 0 Å². The highest BCUT2D eigenvalue weighted by Crippen LogP contribution is 2.52. The molecule has 1 aliphatic heterocycles. The van der Waals surface area contributed by atoms with Gasteiger partial charge in [0.05, 0.1) is 11.8 Å². The first-order chi connectivity index (χ1) is 11.1. The number of para-hydroxylation sites is 1. The van der Waals surface area contributed by atoms with Gasteiger partial charge in [0, 0.05) is 5.69 Å². The molecule has 118 valence electrons. The molecule has 2 bridgehead atoms. The van der Waals surface area contributed by atoms with E-state index in [4.69, 9.17) is 0 Å². The van der Waals surface area contributed by atoms with E-state index in [0.29, 0.717) is 5.69 Å². The molecule has 1 saturated heterocycles. The van der Waals surface area contributed by atoms with E-state index in [9.17, 15) is 14.4 Å². The topological polar surface area (TPSA) is 78.5 Å². The Bertz CT molecular complexity index is 670. The molecule has 0 spiro atoms. The Morgan fingerprint density at radius 3 is 2.26 bits per heavy atom. The van der Waals surface area contributed by atoms with Crippen molar-refractivity contribution in [3.05, 3.63) is 42.5 Å². The molecule has 2 fully saturated rings. The molecule has 4 amide bonds. The van der Waals surface area contributed by atoms with Gasteiger partial charge in [-0.3, -0.25) is 14.5 Å². The zero-order valence-electron chi connectivity index (χ0n) is 12.4. The minimum absolute atomic E-state index is 0.0806. The van der Waals surface area contributed by atoms with Gasteiger partial charge >= 0.3 is 6.03 Å². The van der Waals surface area contributed by atoms with Crippen molar-refractivity contribution in [1.29, 1.82) is 0 Å². The molecule has 2 aliphatic carbocycles. The fraction of sp³-hybridized carbons (Fsp3) is 0.353. The zero-order chi connectivity index (χ0) is 16.0. The number of imide groups is 1. The summed E-state index contributed by atoms with van der Waals surface area (Å²) < 4.78 is 0. The first kappa shape index (κ1) is 14.0. The highest BCUT2D eigenvalue weighted by atomic mass is 16.2. The van der Waals surface area contributed by atoms with E-state index in [1.807, 2.05) is 18.2 Å². The summed E-state index contributed by atoms with van der Waals surface area (Å²) in [6.45, 7) is -0.0806. The van der Waals surface area contributed by atoms with Crippen molar-refractivity contribution in [1.82, 2.24) is 10.2 Å². The molecule has 0 aromatic heterocycles. The third-order valence-electron chi connectivity index (χ3n) is 4.99. The lowest BCUT2D eigenvalue weighted by Crippen LogP contribution is -2.43. The summed E-state index contributed by atoms with van der Waals surface area (Å²) in [6, 6.07) is 8.57. The van der Waals surface area contributed by atoms with Gasteiger partial charge in [0.2, 0.25) is 11.8 Å². The third-order valence-corrected chi connectivity index (χ3v) is 4.99. The SMILES string of the molecule is O=C(NCN1C(=O)C2C3C=CC(C3)C2C1=O)Nc1ccccc1. The highest BCUT2D eigenvalue weighted by Gasteiger charge is 2.59. The number of nitrogens with one attached hydrogen (secondary N) is 2. The van der Waals surface area contributed by atoms with Gasteiger partial charge in [-0.05, 0) is 30.4 Å². The van der Waals surface area contributed by atoms with Crippen LogP contribution in [0.15, 0.2) is 42.5 Å². The van der Waals surface area contributed by atoms with E-state index >= 15 is 0 Å². The average molecular weight is 311 g/mol. The van der Waals surface area contributed by atoms with Crippen LogP contribution < -0.4 is 10.6 Å². The van der Waals surface area contributed by atoms with Gasteiger partial charge in [0.1, 0.15) is 6.67 Å². The Balaban J connectivity index is 1.38. The standard InChI is InChI=1S/C17H17N3O3/c21-15-13-10-6-7-11(8-10)14(13)16(22)20(15)9-18-17(23)19-12-4-2-1-3-5-12/h1-7,10-11,13-14H,8-9H2,(H2,18,19,23). The molecule has 3 aliphatic rings. The van der Waals surface area contributed by atoms with Crippen molar-refractivity contribution in [2.24, 2.45) is 23.7 Å². The summed E-state index contributed by atoms with van der Waals surface area (Å²) >= 11 is 0. The first-order valence-corrected chi connectivity index (χ1v) is 7.78. The van der Waals surface area contributed by atoms with Crippen LogP contribution in [0.5, 0.6) is 0 Å². The number of fused-ring (bicyclic) bond motifs is 5. The normalized spacial score (nSPS) is 30.7. The number of anilines is 1. The van der Waals surface area contributed by atoms with Gasteiger partial charge in [-0.25, -0.2) is 4.79 Å². The van der Waals surface area contributed by atoms with Gasteiger partial charge in [-0.15, -0.1) is 0 Å². The van der Waals surface area contributed by atoms with Crippen LogP contribution in [0.25, 0.3) is 0 Å². The number of carbonyl (C=O) groups is 3. The average Bonchev–Trinajstić information content (AvgIpc) is 3.22. The Morgan fingerprint density at radius 1 is 1.04 bits per heavy atom. The summed E-state index contributed by atoms with van der Waals surface area (Å²) in [7, 11) is 0. The molecule has 2 N–H and O–H groups in total. The van der Waals surface area contributed by atoms with E-state index < -0.39 is 6.03 Å². The maximum absolute atomic E-state index is 12.5. The van der Waals surface area contributed by atoms with Crippen molar-refractivity contribution >= 4 is 23.5 Å². The van der Waals surface area contributed by atoms with Gasteiger partial charge in [0.15, 0.2) is 0 Å². The number of amides is 4. The second-order valence-electron chi connectivity index (χ2n) is 6.26. The van der Waals surface area contributed by atoms with Crippen LogP contribution >= 0.6 is 0 Å². The van der Waals surface area contributed by atoms with E-state index in [0.717, 1.165) is 6.42 Å². The number of hydrogen-bond donors (Lipinski definition) is 2. The Hall–Kier alpha value is -2.63. The lowest BCUT2D eigenvalue weighted by atomic mass is 9.85. The molecule has 4 unspecified atom stereocenters. The number of benzene rings is 1. The molecule has 1 aromatic carbocycles. The van der Waals surface area contributed by atoms with Crippen LogP contribution in [-0.2, 0) is 9.59 Å². The summed E-state index contributed by atoms with van der Waals surface area (Å²) in [4.78, 5) is 38.0. The van der Waals surface area contributed by atoms with Crippen molar-refractivity contribution in [2.75, 3.05) is 12.0 Å². The lowest BCUT2D eigenvalue weighted by molar-refractivity contribution is -0.140. The van der Waals surface area contributed by atoms with E-state index in [-0.39, 0.29) is 42.2 Å². The molecule has 6 nitrogen and oxygen atoms in total. The second kappa shape index (κ2) is 5.22. The Labute approximate surface area is 133 Å². The van der Waals surface area contributed by atoms with Crippen LogP contribution in [-0.4, -0.2) is 29.4 Å². The summed E-state index contributed by atoms with van der Waals surface area (Å²) in [5.41, 5.74) is 0.656. The minimum Gasteiger partial charge on any atom is -0.320 e. The highest BCUT2D eigenvalue weighted by molar-refractivity contribution is 6.06. The summed E-state index contributed by atoms with van der Waals surface area (Å²) in [5, 5.41) is 5.25. The zero-order valence-corrected chi connectivity index (χ0v) is 12.4. The minimum atomic E-state index is -0.435. The van der Waals surface area contributed by atoms with Crippen LogP contribution in [0.2, 0.25) is 0 Å². The number of hydrogen-bond acceptors (Lipinski definition) is 3. The molecular weight excluding hydrogens is 294 g/mol. The van der Waals surface area contributed by atoms with Crippen LogP contribution in [0.1, 0.15) is 6.42 Å². The second-order valence-corrected chi connectivity index (χ2v) is 6.26. The fourth-order valence-corrected chi connectivity index (χ4v) is 3.97. The van der Waals surface area contributed by atoms with Gasteiger partial charge in [-0.1, -0.05) is 30.4 Å². The quantitative estimate of drug-likeness (QED) is 0.657. The molecule has 1 saturated carbocycles. The van der Waals surface area contributed by atoms with Crippen molar-refractivity contribution in [2.45, 2.75) is 6.42 Å². The molecule has 4 rings (SSSR count). The van der Waals surface area contributed by atoms with E-state index in [1.165, 1.54) is 4.90 Å². The maximum atomic E-state index is 12.5. The molecule has 6 heteroatoms. The number of allylic oxidation sites excluding steroid dienone is 2. The largest absolute Gasteiger partial charge is 0.320 e. The van der Waals surface area contributed by atoms with E-state index in [1.54, 1.807) is 12.1 Å². The fourth-order valence-electron chi connectivity index (χ4n) is 3.97. The lowest BCUT2D eigenvalue weighted by Gasteiger charge is -2.18. The Kier molecular flexibility index (Phi) is 3.18. The predicted molar refractivity (Wildman–Crippen MR) is 83.0 cm³/mol. The third kappa shape index (κ3) is 2.21. The summed E-state index contributed by atoms with van der Waals surface area (Å²) in [6.07, 6.45) is 5.01. The van der Waals surface area contributed by atoms with Crippen LogP contribution in [0, 0.1) is 23.7 Å². The number of carbonyl (C=O) groups excluding carboxylic acids is 3. The monoisotopic (exact) mass is 311 g/mol. The number of urea groups is 1. The van der Waals surface area contributed by atoms with Crippen molar-refractivity contribution in [3.8, 4) is 0 Å². The predicted octanol–water partition coefficient (Wildman–Crippen LogP) is 1.57. The first-order valence-electron chi connectivity index (χ1n) is 7.78. The Morgan fingerprint density at radius 2 is 1.65 bits per heavy atom. The van der Waals surface area contributed by atoms with Gasteiger partial charge in [-0.2, -0.15) is 0 Å². The molecule has 23 heavy (non-hydrogen) atoms. The van der Waals surface area contributed by atoms with Gasteiger partial charge < -0.3 is 10.6 Å². The number of rotatable bonds is 3. The van der Waals surface area contributed by atoms with Crippen LogP contribution in [0.4, 0.5) is 10.5 Å². The smallest absolute Gasteiger partial charge is 0.320 e. The molecule has 1 aromatic rings. The van der Waals surface area contributed by atoms with E-state index in [2.05, 4.69) is 22.8 Å². The summed E-state index contributed by atoms with van der Waals surface area (Å²) in [5.74, 6) is -0.393. The van der Waals surface area contributed by atoms with Gasteiger partial charge in [0.25, 0.3) is 0 Å². The number of likely N-dealkylation sites (tertiary alicyclic amines) is 1. The molecule has 4 atom stereocenters.